The fraction of sp³-hybridized carbons (Fsp3) is 0.400. The van der Waals surface area contributed by atoms with Crippen molar-refractivity contribution in [3.05, 3.63) is 37.0 Å². The molecule has 0 bridgehead atoms. The Morgan fingerprint density at radius 2 is 2.00 bits per heavy atom. The summed E-state index contributed by atoms with van der Waals surface area (Å²) in [6.45, 7) is 7.97. The third kappa shape index (κ3) is 5.36. The number of rotatable bonds is 4. The molecule has 0 aromatic carbocycles. The van der Waals surface area contributed by atoms with Crippen LogP contribution in [0.5, 0.6) is 0 Å². The Morgan fingerprint density at radius 3 is 2.50 bits per heavy atom. The van der Waals surface area contributed by atoms with Crippen molar-refractivity contribution >= 4 is 0 Å². The van der Waals surface area contributed by atoms with Crippen molar-refractivity contribution < 1.29 is 0 Å². The molecule has 56 valence electrons. The molecule has 0 aromatic rings. The van der Waals surface area contributed by atoms with Crippen LogP contribution in [0, 0.1) is 5.92 Å². The van der Waals surface area contributed by atoms with Gasteiger partial charge < -0.3 is 0 Å². The highest BCUT2D eigenvalue weighted by Gasteiger charge is 1.86. The molecular weight excluding hydrogens is 120 g/mol. The molecule has 0 nitrogen and oxygen atoms in total. The molecule has 0 fully saturated rings. The van der Waals surface area contributed by atoms with Crippen molar-refractivity contribution in [2.24, 2.45) is 5.92 Å². The van der Waals surface area contributed by atoms with E-state index in [1.165, 1.54) is 6.42 Å². The summed E-state index contributed by atoms with van der Waals surface area (Å²) < 4.78 is 0. The zero-order valence-corrected chi connectivity index (χ0v) is 6.88. The molecule has 0 aliphatic heterocycles. The summed E-state index contributed by atoms with van der Waals surface area (Å²) in [6, 6.07) is 0. The van der Waals surface area contributed by atoms with E-state index in [-0.39, 0.29) is 0 Å². The van der Waals surface area contributed by atoms with Crippen LogP contribution in [0.4, 0.5) is 0 Å². The maximum atomic E-state index is 3.58. The van der Waals surface area contributed by atoms with E-state index in [4.69, 9.17) is 0 Å². The van der Waals surface area contributed by atoms with Crippen LogP contribution >= 0.6 is 0 Å². The maximum absolute atomic E-state index is 3.58. The van der Waals surface area contributed by atoms with Gasteiger partial charge in [-0.25, -0.2) is 0 Å². The highest BCUT2D eigenvalue weighted by molar-refractivity contribution is 5.09. The molecular formula is C10H16. The molecule has 0 saturated carbocycles. The molecule has 0 heterocycles. The van der Waals surface area contributed by atoms with Crippen molar-refractivity contribution in [3.8, 4) is 0 Å². The number of hydrogen-bond acceptors (Lipinski definition) is 0. The molecule has 0 amide bonds. The summed E-state index contributed by atoms with van der Waals surface area (Å²) in [4.78, 5) is 0. The summed E-state index contributed by atoms with van der Waals surface area (Å²) in [7, 11) is 0. The van der Waals surface area contributed by atoms with Crippen molar-refractivity contribution in [3.63, 3.8) is 0 Å². The molecule has 1 unspecified atom stereocenters. The lowest BCUT2D eigenvalue weighted by Crippen LogP contribution is -1.82. The van der Waals surface area contributed by atoms with Crippen LogP contribution < -0.4 is 0 Å². The Morgan fingerprint density at radius 1 is 1.30 bits per heavy atom. The first-order valence-corrected chi connectivity index (χ1v) is 3.77. The lowest BCUT2D eigenvalue weighted by molar-refractivity contribution is 0.698. The molecule has 10 heavy (non-hydrogen) atoms. The van der Waals surface area contributed by atoms with Gasteiger partial charge in [0.2, 0.25) is 0 Å². The number of allylic oxidation sites excluding steroid dienone is 5. The zero-order valence-electron chi connectivity index (χ0n) is 6.88. The van der Waals surface area contributed by atoms with Crippen molar-refractivity contribution in [1.82, 2.24) is 0 Å². The van der Waals surface area contributed by atoms with Crippen LogP contribution in [0.3, 0.4) is 0 Å². The average molecular weight is 136 g/mol. The van der Waals surface area contributed by atoms with Crippen molar-refractivity contribution in [2.75, 3.05) is 0 Å². The summed E-state index contributed by atoms with van der Waals surface area (Å²) in [5, 5.41) is 0. The summed E-state index contributed by atoms with van der Waals surface area (Å²) in [5.74, 6) is 0.689. The van der Waals surface area contributed by atoms with Gasteiger partial charge >= 0.3 is 0 Å². The molecule has 0 aliphatic carbocycles. The zero-order chi connectivity index (χ0) is 7.82. The van der Waals surface area contributed by atoms with E-state index in [1.54, 1.807) is 6.08 Å². The minimum Gasteiger partial charge on any atom is -0.0991 e. The fourth-order valence-corrected chi connectivity index (χ4v) is 0.533. The normalized spacial score (nSPS) is 14.6. The van der Waals surface area contributed by atoms with Gasteiger partial charge in [0.05, 0.1) is 0 Å². The van der Waals surface area contributed by atoms with Gasteiger partial charge in [0.1, 0.15) is 0 Å². The summed E-state index contributed by atoms with van der Waals surface area (Å²) in [5.41, 5.74) is 0. The quantitative estimate of drug-likeness (QED) is 0.520. The van der Waals surface area contributed by atoms with Crippen LogP contribution in [-0.2, 0) is 0 Å². The Balaban J connectivity index is 3.54. The standard InChI is InChI=1S/C10H16/c1-4-6-7-8-9-10(3)5-2/h4,6-10H,1,5H2,2-3H3/b7-6-,9-8+. The predicted molar refractivity (Wildman–Crippen MR) is 47.9 cm³/mol. The van der Waals surface area contributed by atoms with Gasteiger partial charge in [-0.1, -0.05) is 57.2 Å². The van der Waals surface area contributed by atoms with Crippen LogP contribution in [-0.4, -0.2) is 0 Å². The lowest BCUT2D eigenvalue weighted by atomic mass is 10.1. The molecule has 0 rings (SSSR count). The predicted octanol–water partition coefficient (Wildman–Crippen LogP) is 3.33. The monoisotopic (exact) mass is 136 g/mol. The molecule has 0 aromatic heterocycles. The average Bonchev–Trinajstić information content (AvgIpc) is 1.98. The van der Waals surface area contributed by atoms with Gasteiger partial charge in [-0.05, 0) is 5.92 Å². The second-order valence-corrected chi connectivity index (χ2v) is 2.39. The van der Waals surface area contributed by atoms with Crippen LogP contribution in [0.15, 0.2) is 37.0 Å². The van der Waals surface area contributed by atoms with Gasteiger partial charge in [-0.3, -0.25) is 0 Å². The molecule has 0 spiro atoms. The van der Waals surface area contributed by atoms with Crippen LogP contribution in [0.25, 0.3) is 0 Å². The minimum atomic E-state index is 0.689. The second kappa shape index (κ2) is 6.34. The van der Waals surface area contributed by atoms with Crippen LogP contribution in [0.1, 0.15) is 20.3 Å². The van der Waals surface area contributed by atoms with Crippen LogP contribution in [0.2, 0.25) is 0 Å². The first-order valence-electron chi connectivity index (χ1n) is 3.77. The first-order chi connectivity index (χ1) is 4.81. The highest BCUT2D eigenvalue weighted by atomic mass is 13.9. The van der Waals surface area contributed by atoms with E-state index < -0.39 is 0 Å². The third-order valence-corrected chi connectivity index (χ3v) is 1.44. The molecule has 0 N–H and O–H groups in total. The summed E-state index contributed by atoms with van der Waals surface area (Å²) in [6.07, 6.45) is 11.2. The first kappa shape index (κ1) is 9.22. The van der Waals surface area contributed by atoms with Crippen molar-refractivity contribution in [2.45, 2.75) is 20.3 Å². The number of hydrogen-bond donors (Lipinski definition) is 0. The Bertz CT molecular complexity index is 129. The van der Waals surface area contributed by atoms with Gasteiger partial charge in [0.25, 0.3) is 0 Å². The minimum absolute atomic E-state index is 0.689. The van der Waals surface area contributed by atoms with E-state index in [9.17, 15) is 0 Å². The maximum Gasteiger partial charge on any atom is -0.0261 e. The Kier molecular flexibility index (Phi) is 5.85. The van der Waals surface area contributed by atoms with Gasteiger partial charge in [0.15, 0.2) is 0 Å². The van der Waals surface area contributed by atoms with Gasteiger partial charge in [-0.15, -0.1) is 0 Å². The topological polar surface area (TPSA) is 0 Å². The lowest BCUT2D eigenvalue weighted by Gasteiger charge is -1.96. The summed E-state index contributed by atoms with van der Waals surface area (Å²) >= 11 is 0. The molecule has 0 heteroatoms. The SMILES string of the molecule is C=C/C=C\C=C\C(C)CC. The Labute approximate surface area is 64.0 Å². The third-order valence-electron chi connectivity index (χ3n) is 1.44. The second-order valence-electron chi connectivity index (χ2n) is 2.39. The van der Waals surface area contributed by atoms with E-state index >= 15 is 0 Å². The van der Waals surface area contributed by atoms with Crippen molar-refractivity contribution in [1.29, 1.82) is 0 Å². The van der Waals surface area contributed by atoms with Gasteiger partial charge in [0, 0.05) is 0 Å². The van der Waals surface area contributed by atoms with E-state index in [1.807, 2.05) is 12.2 Å². The Hall–Kier alpha value is -0.780. The fourth-order valence-electron chi connectivity index (χ4n) is 0.533. The molecule has 0 saturated heterocycles. The highest BCUT2D eigenvalue weighted by Crippen LogP contribution is 2.01. The smallest absolute Gasteiger partial charge is 0.0261 e. The largest absolute Gasteiger partial charge is 0.0991 e. The van der Waals surface area contributed by atoms with E-state index in [2.05, 4.69) is 32.6 Å². The molecule has 1 atom stereocenters. The van der Waals surface area contributed by atoms with Gasteiger partial charge in [-0.2, -0.15) is 0 Å². The molecule has 0 aliphatic rings. The molecule has 0 radical (unpaired) electrons. The van der Waals surface area contributed by atoms with E-state index in [0.29, 0.717) is 5.92 Å². The van der Waals surface area contributed by atoms with E-state index in [0.717, 1.165) is 0 Å².